The van der Waals surface area contributed by atoms with Crippen LogP contribution < -0.4 is 5.32 Å². The maximum absolute atomic E-state index is 12.0. The van der Waals surface area contributed by atoms with Crippen molar-refractivity contribution in [1.29, 1.82) is 0 Å². The Kier molecular flexibility index (Phi) is 3.76. The van der Waals surface area contributed by atoms with Crippen LogP contribution in [0.4, 0.5) is 10.9 Å². The molecule has 9 heteroatoms. The molecule has 0 amide bonds. The molecular formula is C12H11N5O2S2. The number of hydrogen-bond acceptors (Lipinski definition) is 9. The molecule has 0 aliphatic heterocycles. The fourth-order valence-electron chi connectivity index (χ4n) is 1.78. The number of nitrogens with one attached hydrogen (secondary N) is 1. The van der Waals surface area contributed by atoms with E-state index in [1.165, 1.54) is 29.0 Å². The highest BCUT2D eigenvalue weighted by atomic mass is 32.1. The summed E-state index contributed by atoms with van der Waals surface area (Å²) in [5.74, 6) is 0.149. The molecule has 0 radical (unpaired) electrons. The number of nitrogens with zero attached hydrogens (tertiary/aromatic N) is 4. The number of anilines is 2. The molecule has 0 aromatic carbocycles. The van der Waals surface area contributed by atoms with E-state index in [1.807, 2.05) is 6.92 Å². The molecule has 21 heavy (non-hydrogen) atoms. The quantitative estimate of drug-likeness (QED) is 0.739. The van der Waals surface area contributed by atoms with Crippen molar-refractivity contribution < 1.29 is 9.53 Å². The Morgan fingerprint density at radius 1 is 1.38 bits per heavy atom. The molecule has 0 bridgehead atoms. The summed E-state index contributed by atoms with van der Waals surface area (Å²) in [6.45, 7) is 3.96. The van der Waals surface area contributed by atoms with Crippen molar-refractivity contribution in [3.63, 3.8) is 0 Å². The van der Waals surface area contributed by atoms with E-state index < -0.39 is 0 Å². The molecule has 0 unspecified atom stereocenters. The van der Waals surface area contributed by atoms with Gasteiger partial charge >= 0.3 is 5.97 Å². The minimum absolute atomic E-state index is 0.322. The van der Waals surface area contributed by atoms with Crippen molar-refractivity contribution >= 4 is 49.8 Å². The van der Waals surface area contributed by atoms with Crippen molar-refractivity contribution in [3.8, 4) is 0 Å². The maximum Gasteiger partial charge on any atom is 0.339 e. The second kappa shape index (κ2) is 5.70. The lowest BCUT2D eigenvalue weighted by Gasteiger charge is -2.05. The third-order valence-corrected chi connectivity index (χ3v) is 4.26. The molecular weight excluding hydrogens is 310 g/mol. The molecule has 0 saturated carbocycles. The molecule has 0 aliphatic rings. The number of aryl methyl sites for hydroxylation is 1. The molecule has 7 nitrogen and oxygen atoms in total. The van der Waals surface area contributed by atoms with E-state index in [1.54, 1.807) is 12.3 Å². The van der Waals surface area contributed by atoms with Crippen LogP contribution in [-0.4, -0.2) is 32.7 Å². The van der Waals surface area contributed by atoms with Gasteiger partial charge in [0.1, 0.15) is 22.0 Å². The van der Waals surface area contributed by atoms with Crippen LogP contribution in [0.3, 0.4) is 0 Å². The largest absolute Gasteiger partial charge is 0.462 e. The van der Waals surface area contributed by atoms with E-state index in [0.717, 1.165) is 9.84 Å². The van der Waals surface area contributed by atoms with Crippen LogP contribution in [0.1, 0.15) is 22.3 Å². The number of fused-ring (bicyclic) bond motifs is 1. The monoisotopic (exact) mass is 321 g/mol. The van der Waals surface area contributed by atoms with Gasteiger partial charge in [-0.05, 0) is 13.8 Å². The molecule has 3 rings (SSSR count). The van der Waals surface area contributed by atoms with Gasteiger partial charge in [0.05, 0.1) is 17.6 Å². The Bertz CT molecular complexity index is 798. The average Bonchev–Trinajstić information content (AvgIpc) is 3.06. The van der Waals surface area contributed by atoms with Crippen LogP contribution in [0.15, 0.2) is 11.7 Å². The van der Waals surface area contributed by atoms with Gasteiger partial charge in [-0.15, -0.1) is 21.5 Å². The molecule has 0 saturated heterocycles. The molecule has 108 valence electrons. The van der Waals surface area contributed by atoms with E-state index in [9.17, 15) is 4.79 Å². The number of esters is 1. The minimum Gasteiger partial charge on any atom is -0.462 e. The van der Waals surface area contributed by atoms with E-state index in [-0.39, 0.29) is 5.97 Å². The van der Waals surface area contributed by atoms with Crippen LogP contribution in [0.5, 0.6) is 0 Å². The first-order valence-corrected chi connectivity index (χ1v) is 7.85. The van der Waals surface area contributed by atoms with Crippen molar-refractivity contribution in [2.24, 2.45) is 0 Å². The van der Waals surface area contributed by atoms with Crippen molar-refractivity contribution in [1.82, 2.24) is 20.2 Å². The van der Waals surface area contributed by atoms with Gasteiger partial charge in [-0.25, -0.2) is 14.8 Å². The van der Waals surface area contributed by atoms with E-state index in [4.69, 9.17) is 4.74 Å². The fourth-order valence-corrected chi connectivity index (χ4v) is 3.24. The van der Waals surface area contributed by atoms with Crippen LogP contribution >= 0.6 is 22.7 Å². The molecule has 3 aromatic rings. The summed E-state index contributed by atoms with van der Waals surface area (Å²) in [5.41, 5.74) is 0.459. The Labute approximate surface area is 128 Å². The van der Waals surface area contributed by atoms with Crippen LogP contribution in [0.2, 0.25) is 0 Å². The zero-order valence-electron chi connectivity index (χ0n) is 11.3. The number of rotatable bonds is 4. The lowest BCUT2D eigenvalue weighted by molar-refractivity contribution is 0.0529. The second-order valence-corrected chi connectivity index (χ2v) is 6.06. The first-order chi connectivity index (χ1) is 10.2. The fraction of sp³-hybridized carbons (Fsp3) is 0.250. The van der Waals surface area contributed by atoms with Gasteiger partial charge in [0.25, 0.3) is 0 Å². The predicted octanol–water partition coefficient (Wildman–Crippen LogP) is 2.77. The number of thiophene rings is 1. The topological polar surface area (TPSA) is 89.9 Å². The number of carbonyl (C=O) groups is 1. The van der Waals surface area contributed by atoms with E-state index >= 15 is 0 Å². The highest BCUT2D eigenvalue weighted by Gasteiger charge is 2.18. The molecule has 3 aromatic heterocycles. The summed E-state index contributed by atoms with van der Waals surface area (Å²) < 4.78 is 5.06. The van der Waals surface area contributed by atoms with Gasteiger partial charge in [0.2, 0.25) is 5.13 Å². The SMILES string of the molecule is CCOC(=O)c1csc2ncnc(Nc3nnc(C)s3)c12. The standard InChI is InChI=1S/C12H11N5O2S2/c1-3-19-11(18)7-4-20-10-8(7)9(13-5-14-10)15-12-17-16-6(2)21-12/h4-5H,3H2,1-2H3,(H,13,14,15,17). The Morgan fingerprint density at radius 3 is 2.95 bits per heavy atom. The Morgan fingerprint density at radius 2 is 2.24 bits per heavy atom. The number of carbonyl (C=O) groups excluding carboxylic acids is 1. The number of hydrogen-bond donors (Lipinski definition) is 1. The molecule has 3 heterocycles. The van der Waals surface area contributed by atoms with Gasteiger partial charge in [-0.3, -0.25) is 0 Å². The van der Waals surface area contributed by atoms with Crippen molar-refractivity contribution in [2.45, 2.75) is 13.8 Å². The highest BCUT2D eigenvalue weighted by Crippen LogP contribution is 2.31. The molecule has 1 N–H and O–H groups in total. The molecule has 0 spiro atoms. The van der Waals surface area contributed by atoms with Gasteiger partial charge in [-0.1, -0.05) is 11.3 Å². The molecule has 0 fully saturated rings. The summed E-state index contributed by atoms with van der Waals surface area (Å²) in [5, 5.41) is 14.9. The summed E-state index contributed by atoms with van der Waals surface area (Å²) in [6, 6.07) is 0. The lowest BCUT2D eigenvalue weighted by atomic mass is 10.2. The third kappa shape index (κ3) is 2.69. The van der Waals surface area contributed by atoms with Gasteiger partial charge in [-0.2, -0.15) is 0 Å². The Hall–Kier alpha value is -2.13. The van der Waals surface area contributed by atoms with E-state index in [2.05, 4.69) is 25.5 Å². The molecule has 0 atom stereocenters. The maximum atomic E-state index is 12.0. The average molecular weight is 321 g/mol. The van der Waals surface area contributed by atoms with Crippen molar-refractivity contribution in [3.05, 3.63) is 22.3 Å². The minimum atomic E-state index is -0.380. The van der Waals surface area contributed by atoms with Gasteiger partial charge < -0.3 is 10.1 Å². The lowest BCUT2D eigenvalue weighted by Crippen LogP contribution is -2.05. The van der Waals surface area contributed by atoms with Gasteiger partial charge in [0.15, 0.2) is 0 Å². The van der Waals surface area contributed by atoms with Gasteiger partial charge in [0, 0.05) is 5.38 Å². The first-order valence-electron chi connectivity index (χ1n) is 6.15. The van der Waals surface area contributed by atoms with E-state index in [0.29, 0.717) is 28.5 Å². The van der Waals surface area contributed by atoms with Crippen LogP contribution in [0.25, 0.3) is 10.2 Å². The summed E-state index contributed by atoms with van der Waals surface area (Å²) in [4.78, 5) is 21.1. The summed E-state index contributed by atoms with van der Waals surface area (Å²) in [7, 11) is 0. The first kappa shape index (κ1) is 13.8. The number of aromatic nitrogens is 4. The third-order valence-electron chi connectivity index (χ3n) is 2.62. The van der Waals surface area contributed by atoms with Crippen LogP contribution in [-0.2, 0) is 4.74 Å². The smallest absolute Gasteiger partial charge is 0.339 e. The van der Waals surface area contributed by atoms with Crippen LogP contribution in [0, 0.1) is 6.92 Å². The number of ether oxygens (including phenoxy) is 1. The normalized spacial score (nSPS) is 10.8. The Balaban J connectivity index is 2.05. The van der Waals surface area contributed by atoms with Crippen molar-refractivity contribution in [2.75, 3.05) is 11.9 Å². The second-order valence-electron chi connectivity index (χ2n) is 4.02. The molecule has 0 aliphatic carbocycles. The zero-order chi connectivity index (χ0) is 14.8. The summed E-state index contributed by atoms with van der Waals surface area (Å²) in [6.07, 6.45) is 1.45. The summed E-state index contributed by atoms with van der Waals surface area (Å²) >= 11 is 2.79. The highest BCUT2D eigenvalue weighted by molar-refractivity contribution is 7.17. The zero-order valence-corrected chi connectivity index (χ0v) is 12.9. The predicted molar refractivity (Wildman–Crippen MR) is 81.3 cm³/mol.